The van der Waals surface area contributed by atoms with E-state index in [4.69, 9.17) is 27.9 Å². The Bertz CT molecular complexity index is 1040. The van der Waals surface area contributed by atoms with Crippen LogP contribution in [-0.4, -0.2) is 17.7 Å². The molecule has 2 aromatic rings. The molecule has 2 nitrogen and oxygen atoms in total. The second-order valence-corrected chi connectivity index (χ2v) is 10.5. The number of benzene rings is 2. The summed E-state index contributed by atoms with van der Waals surface area (Å²) < 4.78 is 46.0. The lowest BCUT2D eigenvalue weighted by Crippen LogP contribution is -2.37. The van der Waals surface area contributed by atoms with E-state index < -0.39 is 22.5 Å². The minimum Gasteiger partial charge on any atom is -0.456 e. The Balaban J connectivity index is 1.94. The second-order valence-electron chi connectivity index (χ2n) is 8.45. The van der Waals surface area contributed by atoms with Crippen molar-refractivity contribution in [3.8, 4) is 0 Å². The Labute approximate surface area is 193 Å². The number of carbonyl (C=O) groups is 1. The molecule has 0 radical (unpaired) electrons. The van der Waals surface area contributed by atoms with E-state index in [1.54, 1.807) is 45.9 Å². The maximum Gasteiger partial charge on any atom is 0.407 e. The molecular formula is C23H21Cl2F3O2S. The van der Waals surface area contributed by atoms with Crippen LogP contribution in [0.2, 0.25) is 10.0 Å². The van der Waals surface area contributed by atoms with Crippen LogP contribution in [0.4, 0.5) is 13.2 Å². The molecule has 2 aromatic carbocycles. The van der Waals surface area contributed by atoms with Gasteiger partial charge < -0.3 is 4.74 Å². The van der Waals surface area contributed by atoms with Gasteiger partial charge in [-0.25, -0.2) is 4.79 Å². The number of hydrogen-bond acceptors (Lipinski definition) is 3. The SMILES string of the molecule is Cc1cc(C2=CS[C@@](c3cc(Cl)cc(Cl)c3)(C(F)(F)F)C2)ccc1C(=O)OC(C)(C)C. The zero-order chi connectivity index (χ0) is 23.2. The first-order chi connectivity index (χ1) is 14.2. The fourth-order valence-corrected chi connectivity index (χ4v) is 5.12. The number of ether oxygens (including phenoxy) is 1. The molecule has 31 heavy (non-hydrogen) atoms. The first-order valence-corrected chi connectivity index (χ1v) is 11.1. The molecule has 1 atom stereocenters. The van der Waals surface area contributed by atoms with Crippen molar-refractivity contribution in [2.75, 3.05) is 0 Å². The van der Waals surface area contributed by atoms with Gasteiger partial charge in [0.15, 0.2) is 0 Å². The highest BCUT2D eigenvalue weighted by Crippen LogP contribution is 2.60. The lowest BCUT2D eigenvalue weighted by atomic mass is 9.88. The lowest BCUT2D eigenvalue weighted by molar-refractivity contribution is -0.160. The molecule has 0 spiro atoms. The summed E-state index contributed by atoms with van der Waals surface area (Å²) in [6, 6.07) is 8.97. The summed E-state index contributed by atoms with van der Waals surface area (Å²) in [4.78, 5) is 12.4. The number of carbonyl (C=O) groups excluding carboxylic acids is 1. The fourth-order valence-electron chi connectivity index (χ4n) is 3.41. The number of hydrogen-bond donors (Lipinski definition) is 0. The molecule has 1 heterocycles. The molecule has 0 aromatic heterocycles. The topological polar surface area (TPSA) is 26.3 Å². The van der Waals surface area contributed by atoms with Crippen LogP contribution in [0.1, 0.15) is 54.2 Å². The van der Waals surface area contributed by atoms with E-state index in [0.29, 0.717) is 34.0 Å². The molecule has 0 aliphatic carbocycles. The molecule has 0 fully saturated rings. The minimum absolute atomic E-state index is 0.0100. The van der Waals surface area contributed by atoms with Gasteiger partial charge in [-0.1, -0.05) is 35.3 Å². The molecule has 1 aliphatic rings. The quantitative estimate of drug-likeness (QED) is 0.407. The summed E-state index contributed by atoms with van der Waals surface area (Å²) in [5.41, 5.74) is 1.53. The smallest absolute Gasteiger partial charge is 0.407 e. The van der Waals surface area contributed by atoms with Gasteiger partial charge in [-0.05, 0) is 79.6 Å². The zero-order valence-electron chi connectivity index (χ0n) is 17.4. The Morgan fingerprint density at radius 2 is 1.68 bits per heavy atom. The van der Waals surface area contributed by atoms with E-state index in [-0.39, 0.29) is 22.0 Å². The van der Waals surface area contributed by atoms with E-state index in [9.17, 15) is 18.0 Å². The second kappa shape index (κ2) is 8.38. The third-order valence-corrected chi connectivity index (χ3v) is 6.70. The van der Waals surface area contributed by atoms with Gasteiger partial charge >= 0.3 is 12.1 Å². The van der Waals surface area contributed by atoms with Gasteiger partial charge in [-0.3, -0.25) is 0 Å². The van der Waals surface area contributed by atoms with E-state index in [0.717, 1.165) is 0 Å². The molecule has 0 amide bonds. The standard InChI is InChI=1S/C23H21Cl2F3O2S/c1-13-7-14(5-6-19(13)20(29)30-21(2,3)4)15-11-22(31-12-15,23(26,27)28)16-8-17(24)10-18(25)9-16/h5-10,12H,11H2,1-4H3/t22-/m0/s1. The largest absolute Gasteiger partial charge is 0.456 e. The predicted molar refractivity (Wildman–Crippen MR) is 121 cm³/mol. The molecule has 3 rings (SSSR count). The maximum atomic E-state index is 14.3. The van der Waals surface area contributed by atoms with Crippen molar-refractivity contribution in [2.24, 2.45) is 0 Å². The minimum atomic E-state index is -4.53. The number of thioether (sulfide) groups is 1. The number of esters is 1. The van der Waals surface area contributed by atoms with E-state index >= 15 is 0 Å². The third-order valence-electron chi connectivity index (χ3n) is 4.84. The van der Waals surface area contributed by atoms with Crippen molar-refractivity contribution in [1.82, 2.24) is 0 Å². The van der Waals surface area contributed by atoms with Gasteiger partial charge in [0.05, 0.1) is 5.56 Å². The summed E-state index contributed by atoms with van der Waals surface area (Å²) in [7, 11) is 0. The van der Waals surface area contributed by atoms with Crippen LogP contribution in [0.5, 0.6) is 0 Å². The monoisotopic (exact) mass is 488 g/mol. The van der Waals surface area contributed by atoms with Crippen molar-refractivity contribution in [1.29, 1.82) is 0 Å². The Morgan fingerprint density at radius 3 is 2.19 bits per heavy atom. The van der Waals surface area contributed by atoms with Crippen LogP contribution in [0.15, 0.2) is 41.8 Å². The summed E-state index contributed by atoms with van der Waals surface area (Å²) in [6.07, 6.45) is -4.81. The molecule has 0 saturated heterocycles. The molecule has 0 bridgehead atoms. The fraction of sp³-hybridized carbons (Fsp3) is 0.348. The van der Waals surface area contributed by atoms with Crippen LogP contribution >= 0.6 is 35.0 Å². The zero-order valence-corrected chi connectivity index (χ0v) is 19.7. The number of aryl methyl sites for hydroxylation is 1. The molecule has 1 aliphatic heterocycles. The van der Waals surface area contributed by atoms with E-state index in [1.165, 1.54) is 23.6 Å². The summed E-state index contributed by atoms with van der Waals surface area (Å²) >= 11 is 12.7. The first kappa shape index (κ1) is 24.0. The summed E-state index contributed by atoms with van der Waals surface area (Å²) in [5, 5.41) is 1.82. The lowest BCUT2D eigenvalue weighted by Gasteiger charge is -2.32. The Morgan fingerprint density at radius 1 is 1.06 bits per heavy atom. The normalized spacial score (nSPS) is 19.3. The highest BCUT2D eigenvalue weighted by atomic mass is 35.5. The van der Waals surface area contributed by atoms with Crippen LogP contribution in [0.3, 0.4) is 0 Å². The molecular weight excluding hydrogens is 468 g/mol. The van der Waals surface area contributed by atoms with Gasteiger partial charge in [0, 0.05) is 16.5 Å². The van der Waals surface area contributed by atoms with Crippen molar-refractivity contribution in [3.63, 3.8) is 0 Å². The van der Waals surface area contributed by atoms with Gasteiger partial charge in [0.25, 0.3) is 0 Å². The maximum absolute atomic E-state index is 14.3. The molecule has 0 saturated carbocycles. The van der Waals surface area contributed by atoms with Crippen molar-refractivity contribution >= 4 is 46.5 Å². The molecule has 0 unspecified atom stereocenters. The van der Waals surface area contributed by atoms with Gasteiger partial charge in [0.2, 0.25) is 0 Å². The van der Waals surface area contributed by atoms with E-state index in [1.807, 2.05) is 0 Å². The molecule has 0 N–H and O–H groups in total. The van der Waals surface area contributed by atoms with Crippen LogP contribution in [0, 0.1) is 6.92 Å². The molecule has 166 valence electrons. The number of allylic oxidation sites excluding steroid dienone is 1. The summed E-state index contributed by atoms with van der Waals surface area (Å²) in [6.45, 7) is 7.05. The Kier molecular flexibility index (Phi) is 6.49. The number of alkyl halides is 3. The van der Waals surface area contributed by atoms with Gasteiger partial charge in [-0.2, -0.15) is 13.2 Å². The first-order valence-electron chi connectivity index (χ1n) is 9.46. The average Bonchev–Trinajstić information content (AvgIpc) is 3.06. The van der Waals surface area contributed by atoms with Crippen LogP contribution in [0.25, 0.3) is 5.57 Å². The summed E-state index contributed by atoms with van der Waals surface area (Å²) in [5.74, 6) is -0.468. The highest BCUT2D eigenvalue weighted by molar-refractivity contribution is 8.03. The number of rotatable bonds is 3. The van der Waals surface area contributed by atoms with Crippen LogP contribution in [-0.2, 0) is 9.48 Å². The van der Waals surface area contributed by atoms with Crippen molar-refractivity contribution < 1.29 is 22.7 Å². The predicted octanol–water partition coefficient (Wildman–Crippen LogP) is 8.19. The highest BCUT2D eigenvalue weighted by Gasteiger charge is 2.58. The Hall–Kier alpha value is -1.63. The van der Waals surface area contributed by atoms with E-state index in [2.05, 4.69) is 0 Å². The number of halogens is 5. The molecule has 8 heteroatoms. The van der Waals surface area contributed by atoms with Gasteiger partial charge in [0.1, 0.15) is 10.3 Å². The van der Waals surface area contributed by atoms with Crippen molar-refractivity contribution in [2.45, 2.75) is 50.6 Å². The third kappa shape index (κ3) is 5.07. The van der Waals surface area contributed by atoms with Crippen molar-refractivity contribution in [3.05, 3.63) is 74.1 Å². The average molecular weight is 489 g/mol. The van der Waals surface area contributed by atoms with Gasteiger partial charge in [-0.15, -0.1) is 11.8 Å². The van der Waals surface area contributed by atoms with Crippen LogP contribution < -0.4 is 0 Å².